The summed E-state index contributed by atoms with van der Waals surface area (Å²) in [5.74, 6) is 0. The predicted octanol–water partition coefficient (Wildman–Crippen LogP) is 1.15. The molecule has 1 aliphatic heterocycles. The van der Waals surface area contributed by atoms with Crippen LogP contribution in [0.3, 0.4) is 0 Å². The Morgan fingerprint density at radius 1 is 1.71 bits per heavy atom. The fourth-order valence-corrected chi connectivity index (χ4v) is 1.09. The van der Waals surface area contributed by atoms with Gasteiger partial charge in [-0.05, 0) is 19.8 Å². The van der Waals surface area contributed by atoms with Gasteiger partial charge in [0.2, 0.25) is 0 Å². The molecule has 1 N–H and O–H groups in total. The van der Waals surface area contributed by atoms with E-state index in [1.54, 1.807) is 0 Å². The van der Waals surface area contributed by atoms with E-state index < -0.39 is 0 Å². The maximum atomic E-state index is 3.39. The fraction of sp³-hybridized carbons (Fsp3) is 1.00. The lowest BCUT2D eigenvalue weighted by Gasteiger charge is -2.33. The van der Waals surface area contributed by atoms with E-state index in [0.717, 1.165) is 12.1 Å². The van der Waals surface area contributed by atoms with Gasteiger partial charge < -0.3 is 5.32 Å². The first-order chi connectivity index (χ1) is 3.33. The molecule has 0 spiro atoms. The van der Waals surface area contributed by atoms with Crippen molar-refractivity contribution in [2.75, 3.05) is 0 Å². The Labute approximate surface area is 45.1 Å². The second-order valence-electron chi connectivity index (χ2n) is 2.41. The van der Waals surface area contributed by atoms with Crippen LogP contribution in [0.4, 0.5) is 0 Å². The molecule has 0 aromatic carbocycles. The molecule has 0 aliphatic carbocycles. The Morgan fingerprint density at radius 2 is 2.29 bits per heavy atom. The summed E-state index contributed by atoms with van der Waals surface area (Å²) in [6.45, 7) is 4.45. The highest BCUT2D eigenvalue weighted by atomic mass is 15.0. The number of hydrogen-bond donors (Lipinski definition) is 1. The van der Waals surface area contributed by atoms with Crippen LogP contribution in [-0.4, -0.2) is 12.1 Å². The molecule has 1 fully saturated rings. The van der Waals surface area contributed by atoms with E-state index in [1.807, 2.05) is 0 Å². The van der Waals surface area contributed by atoms with Crippen molar-refractivity contribution in [3.63, 3.8) is 0 Å². The molecule has 1 saturated heterocycles. The summed E-state index contributed by atoms with van der Waals surface area (Å²) in [6.07, 6.45) is 2.68. The van der Waals surface area contributed by atoms with Gasteiger partial charge in [-0.3, -0.25) is 0 Å². The van der Waals surface area contributed by atoms with Crippen LogP contribution in [0, 0.1) is 0 Å². The molecule has 0 amide bonds. The molecule has 1 heterocycles. The first-order valence-electron chi connectivity index (χ1n) is 3.09. The van der Waals surface area contributed by atoms with Gasteiger partial charge in [-0.15, -0.1) is 0 Å². The van der Waals surface area contributed by atoms with Gasteiger partial charge in [0.15, 0.2) is 0 Å². The largest absolute Gasteiger partial charge is 0.311 e. The summed E-state index contributed by atoms with van der Waals surface area (Å²) in [5, 5.41) is 3.39. The van der Waals surface area contributed by atoms with Crippen molar-refractivity contribution in [2.24, 2.45) is 0 Å². The molecule has 1 heteroatoms. The van der Waals surface area contributed by atoms with Gasteiger partial charge in [-0.2, -0.15) is 0 Å². The highest BCUT2D eigenvalue weighted by molar-refractivity contribution is 4.83. The Hall–Kier alpha value is -0.0400. The Bertz CT molecular complexity index is 55.2. The quantitative estimate of drug-likeness (QED) is 0.520. The molecule has 0 bridgehead atoms. The molecule has 0 radical (unpaired) electrons. The van der Waals surface area contributed by atoms with Crippen LogP contribution in [0.1, 0.15) is 26.7 Å². The third-order valence-corrected chi connectivity index (χ3v) is 1.65. The normalized spacial score (nSPS) is 40.3. The van der Waals surface area contributed by atoms with Crippen LogP contribution in [0.15, 0.2) is 0 Å². The summed E-state index contributed by atoms with van der Waals surface area (Å²) < 4.78 is 0. The third kappa shape index (κ3) is 0.942. The van der Waals surface area contributed by atoms with Crippen LogP contribution in [0.2, 0.25) is 0 Å². The molecular formula is C6H13N. The average Bonchev–Trinajstić information content (AvgIpc) is 1.58. The van der Waals surface area contributed by atoms with E-state index in [4.69, 9.17) is 0 Å². The van der Waals surface area contributed by atoms with E-state index in [0.29, 0.717) is 0 Å². The van der Waals surface area contributed by atoms with E-state index in [-0.39, 0.29) is 0 Å². The van der Waals surface area contributed by atoms with E-state index in [2.05, 4.69) is 19.2 Å². The molecule has 0 saturated carbocycles. The van der Waals surface area contributed by atoms with Crippen molar-refractivity contribution in [2.45, 2.75) is 38.8 Å². The minimum Gasteiger partial charge on any atom is -0.311 e. The first-order valence-corrected chi connectivity index (χ1v) is 3.09. The summed E-state index contributed by atoms with van der Waals surface area (Å²) in [7, 11) is 0. The van der Waals surface area contributed by atoms with Crippen molar-refractivity contribution in [1.29, 1.82) is 0 Å². The summed E-state index contributed by atoms with van der Waals surface area (Å²) in [4.78, 5) is 0. The first kappa shape index (κ1) is 5.10. The van der Waals surface area contributed by atoms with Crippen molar-refractivity contribution in [3.05, 3.63) is 0 Å². The summed E-state index contributed by atoms with van der Waals surface area (Å²) in [6, 6.07) is 1.64. The molecule has 0 aromatic rings. The van der Waals surface area contributed by atoms with Gasteiger partial charge in [0.05, 0.1) is 0 Å². The molecule has 42 valence electrons. The molecule has 2 unspecified atom stereocenters. The van der Waals surface area contributed by atoms with Crippen molar-refractivity contribution in [1.82, 2.24) is 5.32 Å². The van der Waals surface area contributed by atoms with Gasteiger partial charge in [0.1, 0.15) is 0 Å². The molecule has 1 rings (SSSR count). The van der Waals surface area contributed by atoms with Crippen LogP contribution in [0.5, 0.6) is 0 Å². The zero-order valence-electron chi connectivity index (χ0n) is 5.07. The number of hydrogen-bond acceptors (Lipinski definition) is 1. The minimum absolute atomic E-state index is 0.796. The van der Waals surface area contributed by atoms with Gasteiger partial charge >= 0.3 is 0 Å². The minimum atomic E-state index is 0.796. The second kappa shape index (κ2) is 1.83. The zero-order valence-corrected chi connectivity index (χ0v) is 5.07. The van der Waals surface area contributed by atoms with E-state index in [1.165, 1.54) is 12.8 Å². The number of nitrogens with one attached hydrogen (secondary N) is 1. The summed E-state index contributed by atoms with van der Waals surface area (Å²) in [5.41, 5.74) is 0. The lowest BCUT2D eigenvalue weighted by molar-refractivity contribution is 0.275. The van der Waals surface area contributed by atoms with Crippen LogP contribution >= 0.6 is 0 Å². The van der Waals surface area contributed by atoms with Gasteiger partial charge in [-0.25, -0.2) is 0 Å². The molecule has 2 atom stereocenters. The zero-order chi connectivity index (χ0) is 5.28. The smallest absolute Gasteiger partial charge is 0.00816 e. The maximum Gasteiger partial charge on any atom is 0.00816 e. The predicted molar refractivity (Wildman–Crippen MR) is 31.3 cm³/mol. The molecule has 1 nitrogen and oxygen atoms in total. The average molecular weight is 99.2 g/mol. The second-order valence-corrected chi connectivity index (χ2v) is 2.41. The van der Waals surface area contributed by atoms with Crippen LogP contribution in [-0.2, 0) is 0 Å². The Balaban J connectivity index is 2.06. The van der Waals surface area contributed by atoms with E-state index in [9.17, 15) is 0 Å². The van der Waals surface area contributed by atoms with Crippen LogP contribution < -0.4 is 5.32 Å². The summed E-state index contributed by atoms with van der Waals surface area (Å²) >= 11 is 0. The molecule has 7 heavy (non-hydrogen) atoms. The van der Waals surface area contributed by atoms with Gasteiger partial charge in [0, 0.05) is 12.1 Å². The van der Waals surface area contributed by atoms with Crippen LogP contribution in [0.25, 0.3) is 0 Å². The maximum absolute atomic E-state index is 3.39. The highest BCUT2D eigenvalue weighted by Gasteiger charge is 2.21. The third-order valence-electron chi connectivity index (χ3n) is 1.65. The van der Waals surface area contributed by atoms with Gasteiger partial charge in [-0.1, -0.05) is 6.92 Å². The van der Waals surface area contributed by atoms with Gasteiger partial charge in [0.25, 0.3) is 0 Å². The SMILES string of the molecule is CCC1CC(C)N1. The van der Waals surface area contributed by atoms with Crippen molar-refractivity contribution < 1.29 is 0 Å². The lowest BCUT2D eigenvalue weighted by Crippen LogP contribution is -2.49. The highest BCUT2D eigenvalue weighted by Crippen LogP contribution is 2.12. The van der Waals surface area contributed by atoms with Crippen molar-refractivity contribution in [3.8, 4) is 0 Å². The Kier molecular flexibility index (Phi) is 1.33. The lowest BCUT2D eigenvalue weighted by atomic mass is 9.97. The van der Waals surface area contributed by atoms with Crippen molar-refractivity contribution >= 4 is 0 Å². The fourth-order valence-electron chi connectivity index (χ4n) is 1.09. The topological polar surface area (TPSA) is 12.0 Å². The standard InChI is InChI=1S/C6H13N/c1-3-6-4-5(2)7-6/h5-7H,3-4H2,1-2H3. The molecular weight excluding hydrogens is 86.1 g/mol. The number of rotatable bonds is 1. The molecule has 1 aliphatic rings. The monoisotopic (exact) mass is 99.1 g/mol. The Morgan fingerprint density at radius 3 is 2.43 bits per heavy atom. The molecule has 0 aromatic heterocycles. The van der Waals surface area contributed by atoms with E-state index >= 15 is 0 Å².